The number of nitrogens with one attached hydrogen (secondary N) is 2. The van der Waals surface area contributed by atoms with Crippen LogP contribution in [0.15, 0.2) is 47.4 Å². The molecule has 170 valence electrons. The molecular weight excluding hydrogens is 452 g/mol. The molecule has 0 atom stereocenters. The van der Waals surface area contributed by atoms with E-state index in [1.54, 1.807) is 49.6 Å². The number of benzene rings is 2. The van der Waals surface area contributed by atoms with E-state index < -0.39 is 10.0 Å². The van der Waals surface area contributed by atoms with Crippen LogP contribution in [0.4, 0.5) is 5.13 Å². The molecule has 0 aliphatic carbocycles. The van der Waals surface area contributed by atoms with Crippen molar-refractivity contribution in [3.8, 4) is 11.5 Å². The second kappa shape index (κ2) is 10.5. The van der Waals surface area contributed by atoms with E-state index in [0.717, 1.165) is 11.1 Å². The van der Waals surface area contributed by atoms with E-state index in [1.165, 1.54) is 18.4 Å². The SMILES string of the molecule is COc1ccc(CC(=O)Nc2nnc(CCNS(=O)(=O)c3ccc(C)cc3)s2)cc1OC. The van der Waals surface area contributed by atoms with Crippen LogP contribution in [0.3, 0.4) is 0 Å². The zero-order valence-electron chi connectivity index (χ0n) is 17.9. The van der Waals surface area contributed by atoms with E-state index >= 15 is 0 Å². The molecule has 1 aromatic heterocycles. The maximum absolute atomic E-state index is 12.3. The van der Waals surface area contributed by atoms with Gasteiger partial charge in [0.05, 0.1) is 25.5 Å². The van der Waals surface area contributed by atoms with E-state index in [4.69, 9.17) is 9.47 Å². The monoisotopic (exact) mass is 476 g/mol. The number of rotatable bonds is 10. The summed E-state index contributed by atoms with van der Waals surface area (Å²) in [6, 6.07) is 11.9. The van der Waals surface area contributed by atoms with Crippen LogP contribution in [0.1, 0.15) is 16.1 Å². The smallest absolute Gasteiger partial charge is 0.240 e. The van der Waals surface area contributed by atoms with Crippen molar-refractivity contribution in [2.75, 3.05) is 26.1 Å². The van der Waals surface area contributed by atoms with Crippen LogP contribution in [0, 0.1) is 6.92 Å². The van der Waals surface area contributed by atoms with Gasteiger partial charge in [0.2, 0.25) is 21.1 Å². The lowest BCUT2D eigenvalue weighted by atomic mass is 10.1. The highest BCUT2D eigenvalue weighted by Crippen LogP contribution is 2.28. The zero-order chi connectivity index (χ0) is 23.1. The number of aromatic nitrogens is 2. The maximum Gasteiger partial charge on any atom is 0.240 e. The van der Waals surface area contributed by atoms with Crippen LogP contribution in [0.25, 0.3) is 0 Å². The number of nitrogens with zero attached hydrogens (tertiary/aromatic N) is 2. The van der Waals surface area contributed by atoms with Crippen LogP contribution in [-0.4, -0.2) is 45.3 Å². The van der Waals surface area contributed by atoms with E-state index in [9.17, 15) is 13.2 Å². The molecule has 9 nitrogen and oxygen atoms in total. The fraction of sp³-hybridized carbons (Fsp3) is 0.286. The molecule has 1 amide bonds. The van der Waals surface area contributed by atoms with Gasteiger partial charge in [-0.3, -0.25) is 4.79 Å². The van der Waals surface area contributed by atoms with E-state index in [1.807, 2.05) is 6.92 Å². The topological polar surface area (TPSA) is 120 Å². The number of hydrogen-bond acceptors (Lipinski definition) is 8. The van der Waals surface area contributed by atoms with Gasteiger partial charge in [0.1, 0.15) is 5.01 Å². The molecule has 32 heavy (non-hydrogen) atoms. The highest BCUT2D eigenvalue weighted by atomic mass is 32.2. The Morgan fingerprint density at radius 1 is 1.03 bits per heavy atom. The average molecular weight is 477 g/mol. The maximum atomic E-state index is 12.3. The zero-order valence-corrected chi connectivity index (χ0v) is 19.5. The average Bonchev–Trinajstić information content (AvgIpc) is 3.20. The lowest BCUT2D eigenvalue weighted by molar-refractivity contribution is -0.115. The van der Waals surface area contributed by atoms with E-state index in [2.05, 4.69) is 20.2 Å². The lowest BCUT2D eigenvalue weighted by Crippen LogP contribution is -2.25. The van der Waals surface area contributed by atoms with Crippen molar-refractivity contribution in [2.24, 2.45) is 0 Å². The first-order valence-corrected chi connectivity index (χ1v) is 12.0. The molecule has 0 aliphatic rings. The van der Waals surface area contributed by atoms with Gasteiger partial charge in [-0.1, -0.05) is 35.1 Å². The molecule has 0 saturated heterocycles. The number of amides is 1. The van der Waals surface area contributed by atoms with Crippen molar-refractivity contribution in [1.29, 1.82) is 0 Å². The minimum atomic E-state index is -3.59. The number of hydrogen-bond donors (Lipinski definition) is 2. The summed E-state index contributed by atoms with van der Waals surface area (Å²) < 4.78 is 37.6. The van der Waals surface area contributed by atoms with Crippen molar-refractivity contribution >= 4 is 32.4 Å². The van der Waals surface area contributed by atoms with Crippen LogP contribution in [0.2, 0.25) is 0 Å². The summed E-state index contributed by atoms with van der Waals surface area (Å²) in [5.41, 5.74) is 1.74. The van der Waals surface area contributed by atoms with Crippen LogP contribution < -0.4 is 19.5 Å². The molecule has 0 fully saturated rings. The normalized spacial score (nSPS) is 11.2. The van der Waals surface area contributed by atoms with Crippen molar-refractivity contribution in [3.63, 3.8) is 0 Å². The number of carbonyl (C=O) groups is 1. The minimum Gasteiger partial charge on any atom is -0.493 e. The Morgan fingerprint density at radius 2 is 1.75 bits per heavy atom. The Bertz CT molecular complexity index is 1180. The third-order valence-electron chi connectivity index (χ3n) is 4.49. The fourth-order valence-corrected chi connectivity index (χ4v) is 4.63. The largest absolute Gasteiger partial charge is 0.493 e. The second-order valence-electron chi connectivity index (χ2n) is 6.88. The van der Waals surface area contributed by atoms with Crippen molar-refractivity contribution in [1.82, 2.24) is 14.9 Å². The van der Waals surface area contributed by atoms with Gasteiger partial charge in [-0.2, -0.15) is 0 Å². The fourth-order valence-electron chi connectivity index (χ4n) is 2.84. The van der Waals surface area contributed by atoms with E-state index in [-0.39, 0.29) is 23.8 Å². The first-order valence-electron chi connectivity index (χ1n) is 9.70. The van der Waals surface area contributed by atoms with Crippen molar-refractivity contribution < 1.29 is 22.7 Å². The molecule has 0 unspecified atom stereocenters. The summed E-state index contributed by atoms with van der Waals surface area (Å²) in [5, 5.41) is 11.6. The van der Waals surface area contributed by atoms with Crippen LogP contribution >= 0.6 is 11.3 Å². The molecule has 0 bridgehead atoms. The summed E-state index contributed by atoms with van der Waals surface area (Å²) in [4.78, 5) is 12.5. The molecule has 11 heteroatoms. The van der Waals surface area contributed by atoms with Gasteiger partial charge < -0.3 is 14.8 Å². The molecule has 3 rings (SSSR count). The molecule has 2 aromatic carbocycles. The van der Waals surface area contributed by atoms with Gasteiger partial charge in [-0.05, 0) is 36.8 Å². The third-order valence-corrected chi connectivity index (χ3v) is 6.86. The summed E-state index contributed by atoms with van der Waals surface area (Å²) in [5.74, 6) is 0.882. The van der Waals surface area contributed by atoms with Crippen LogP contribution in [-0.2, 0) is 27.7 Å². The first kappa shape index (κ1) is 23.6. The van der Waals surface area contributed by atoms with Gasteiger partial charge >= 0.3 is 0 Å². The van der Waals surface area contributed by atoms with Gasteiger partial charge in [-0.15, -0.1) is 10.2 Å². The second-order valence-corrected chi connectivity index (χ2v) is 9.71. The molecule has 3 aromatic rings. The van der Waals surface area contributed by atoms with Crippen molar-refractivity contribution in [2.45, 2.75) is 24.7 Å². The highest BCUT2D eigenvalue weighted by molar-refractivity contribution is 7.89. The predicted molar refractivity (Wildman–Crippen MR) is 122 cm³/mol. The molecule has 0 spiro atoms. The summed E-state index contributed by atoms with van der Waals surface area (Å²) >= 11 is 1.20. The number of anilines is 1. The van der Waals surface area contributed by atoms with Crippen LogP contribution in [0.5, 0.6) is 11.5 Å². The van der Waals surface area contributed by atoms with Gasteiger partial charge in [0.15, 0.2) is 11.5 Å². The summed E-state index contributed by atoms with van der Waals surface area (Å²) in [6.07, 6.45) is 0.486. The Morgan fingerprint density at radius 3 is 2.44 bits per heavy atom. The Hall–Kier alpha value is -3.02. The summed E-state index contributed by atoms with van der Waals surface area (Å²) in [6.45, 7) is 2.06. The number of methoxy groups -OCH3 is 2. The number of sulfonamides is 1. The Balaban J connectivity index is 1.51. The quantitative estimate of drug-likeness (QED) is 0.461. The van der Waals surface area contributed by atoms with Gasteiger partial charge in [0, 0.05) is 13.0 Å². The van der Waals surface area contributed by atoms with E-state index in [0.29, 0.717) is 28.1 Å². The first-order chi connectivity index (χ1) is 15.3. The number of aryl methyl sites for hydroxylation is 1. The molecule has 0 saturated carbocycles. The number of ether oxygens (including phenoxy) is 2. The lowest BCUT2D eigenvalue weighted by Gasteiger charge is -2.09. The Labute approximate surface area is 190 Å². The standard InChI is InChI=1S/C21H24N4O5S2/c1-14-4-7-16(8-5-14)32(27,28)22-11-10-20-24-25-21(31-20)23-19(26)13-15-6-9-17(29-2)18(12-15)30-3/h4-9,12,22H,10-11,13H2,1-3H3,(H,23,25,26). The third kappa shape index (κ3) is 6.25. The molecule has 2 N–H and O–H groups in total. The molecule has 0 radical (unpaired) electrons. The summed E-state index contributed by atoms with van der Waals surface area (Å²) in [7, 11) is -0.508. The number of carbonyl (C=O) groups excluding carboxylic acids is 1. The predicted octanol–water partition coefficient (Wildman–Crippen LogP) is 2.57. The van der Waals surface area contributed by atoms with Gasteiger partial charge in [-0.25, -0.2) is 13.1 Å². The molecule has 1 heterocycles. The highest BCUT2D eigenvalue weighted by Gasteiger charge is 2.15. The minimum absolute atomic E-state index is 0.131. The molecule has 0 aliphatic heterocycles. The Kier molecular flexibility index (Phi) is 7.78. The van der Waals surface area contributed by atoms with Crippen molar-refractivity contribution in [3.05, 3.63) is 58.6 Å². The molecular formula is C21H24N4O5S2. The van der Waals surface area contributed by atoms with Gasteiger partial charge in [0.25, 0.3) is 0 Å².